The molecular formula is C23H20BrN5O3. The van der Waals surface area contributed by atoms with Crippen LogP contribution in [0.25, 0.3) is 5.82 Å². The highest BCUT2D eigenvalue weighted by molar-refractivity contribution is 9.10. The molecule has 4 aromatic rings. The molecule has 0 atom stereocenters. The fourth-order valence-corrected chi connectivity index (χ4v) is 3.52. The molecule has 4 rings (SSSR count). The van der Waals surface area contributed by atoms with Crippen molar-refractivity contribution < 1.29 is 14.3 Å². The Morgan fingerprint density at radius 3 is 2.44 bits per heavy atom. The van der Waals surface area contributed by atoms with Gasteiger partial charge in [0.05, 0.1) is 18.4 Å². The number of hydrogen-bond donors (Lipinski definition) is 1. The number of halogens is 1. The predicted octanol–water partition coefficient (Wildman–Crippen LogP) is 5.09. The molecule has 1 amide bonds. The third-order valence-electron chi connectivity index (χ3n) is 4.61. The van der Waals surface area contributed by atoms with Crippen LogP contribution in [-0.2, 0) is 0 Å². The van der Waals surface area contributed by atoms with Crippen LogP contribution in [0.5, 0.6) is 17.4 Å². The van der Waals surface area contributed by atoms with E-state index in [1.165, 1.54) is 6.33 Å². The summed E-state index contributed by atoms with van der Waals surface area (Å²) in [7, 11) is 1.56. The van der Waals surface area contributed by atoms with E-state index in [9.17, 15) is 4.79 Å². The number of aryl methyl sites for hydroxylation is 2. The summed E-state index contributed by atoms with van der Waals surface area (Å²) in [4.78, 5) is 21.1. The monoisotopic (exact) mass is 493 g/mol. The highest BCUT2D eigenvalue weighted by Gasteiger charge is 2.12. The average Bonchev–Trinajstić information content (AvgIpc) is 3.13. The van der Waals surface area contributed by atoms with Gasteiger partial charge in [0, 0.05) is 21.9 Å². The van der Waals surface area contributed by atoms with Crippen LogP contribution in [0.4, 0.5) is 5.69 Å². The number of rotatable bonds is 6. The van der Waals surface area contributed by atoms with Gasteiger partial charge in [-0.05, 0) is 78.3 Å². The van der Waals surface area contributed by atoms with Crippen molar-refractivity contribution in [2.24, 2.45) is 0 Å². The molecule has 0 bridgehead atoms. The predicted molar refractivity (Wildman–Crippen MR) is 124 cm³/mol. The fraction of sp³-hybridized carbons (Fsp3) is 0.130. The summed E-state index contributed by atoms with van der Waals surface area (Å²) in [5.74, 6) is 1.93. The van der Waals surface area contributed by atoms with E-state index in [4.69, 9.17) is 9.47 Å². The lowest BCUT2D eigenvalue weighted by molar-refractivity contribution is 0.102. The van der Waals surface area contributed by atoms with Crippen molar-refractivity contribution in [3.05, 3.63) is 82.3 Å². The third-order valence-corrected chi connectivity index (χ3v) is 5.30. The number of carbonyl (C=O) groups is 1. The number of benzene rings is 2. The Morgan fingerprint density at radius 2 is 1.75 bits per heavy atom. The first kappa shape index (κ1) is 21.5. The number of aromatic nitrogens is 4. The van der Waals surface area contributed by atoms with Crippen molar-refractivity contribution in [2.75, 3.05) is 12.4 Å². The largest absolute Gasteiger partial charge is 0.497 e. The van der Waals surface area contributed by atoms with Gasteiger partial charge in [-0.2, -0.15) is 5.10 Å². The SMILES string of the molecule is COc1ccc(Br)c(C(=O)Nc2ccc(Oc3cc(-n4nc(C)cc4C)ncn3)cc2)c1. The number of carbonyl (C=O) groups excluding carboxylic acids is 1. The quantitative estimate of drug-likeness (QED) is 0.401. The molecule has 9 heteroatoms. The van der Waals surface area contributed by atoms with Gasteiger partial charge in [0.2, 0.25) is 5.88 Å². The molecule has 0 aliphatic rings. The normalized spacial score (nSPS) is 10.6. The van der Waals surface area contributed by atoms with Crippen LogP contribution in [0.15, 0.2) is 65.4 Å². The molecule has 0 fully saturated rings. The van der Waals surface area contributed by atoms with Gasteiger partial charge in [0.25, 0.3) is 5.91 Å². The van der Waals surface area contributed by atoms with Crippen molar-refractivity contribution in [1.29, 1.82) is 0 Å². The van der Waals surface area contributed by atoms with Crippen LogP contribution in [0.2, 0.25) is 0 Å². The molecule has 8 nitrogen and oxygen atoms in total. The summed E-state index contributed by atoms with van der Waals surface area (Å²) in [6, 6.07) is 15.9. The van der Waals surface area contributed by atoms with Crippen LogP contribution in [0, 0.1) is 13.8 Å². The van der Waals surface area contributed by atoms with E-state index in [1.54, 1.807) is 60.3 Å². The maximum Gasteiger partial charge on any atom is 0.256 e. The molecule has 162 valence electrons. The number of ether oxygens (including phenoxy) is 2. The Hall–Kier alpha value is -3.72. The first-order chi connectivity index (χ1) is 15.4. The molecule has 0 unspecified atom stereocenters. The molecule has 32 heavy (non-hydrogen) atoms. The summed E-state index contributed by atoms with van der Waals surface area (Å²) < 4.78 is 13.5. The molecule has 0 spiro atoms. The smallest absolute Gasteiger partial charge is 0.256 e. The Bertz CT molecular complexity index is 1270. The van der Waals surface area contributed by atoms with Crippen LogP contribution in [-0.4, -0.2) is 32.8 Å². The van der Waals surface area contributed by atoms with E-state index < -0.39 is 0 Å². The number of nitrogens with one attached hydrogen (secondary N) is 1. The highest BCUT2D eigenvalue weighted by atomic mass is 79.9. The summed E-state index contributed by atoms with van der Waals surface area (Å²) >= 11 is 3.40. The van der Waals surface area contributed by atoms with Crippen molar-refractivity contribution in [3.63, 3.8) is 0 Å². The Morgan fingerprint density at radius 1 is 1.00 bits per heavy atom. The first-order valence-corrected chi connectivity index (χ1v) is 10.5. The summed E-state index contributed by atoms with van der Waals surface area (Å²) in [5.41, 5.74) is 2.97. The summed E-state index contributed by atoms with van der Waals surface area (Å²) in [5, 5.41) is 7.29. The molecule has 0 aliphatic carbocycles. The minimum absolute atomic E-state index is 0.255. The lowest BCUT2D eigenvalue weighted by Crippen LogP contribution is -2.12. The summed E-state index contributed by atoms with van der Waals surface area (Å²) in [6.45, 7) is 3.88. The van der Waals surface area contributed by atoms with Crippen LogP contribution < -0.4 is 14.8 Å². The number of hydrogen-bond acceptors (Lipinski definition) is 6. The minimum Gasteiger partial charge on any atom is -0.497 e. The zero-order chi connectivity index (χ0) is 22.7. The van der Waals surface area contributed by atoms with Gasteiger partial charge in [-0.1, -0.05) is 0 Å². The van der Waals surface area contributed by atoms with Gasteiger partial charge in [0.1, 0.15) is 17.8 Å². The lowest BCUT2D eigenvalue weighted by Gasteiger charge is -2.10. The zero-order valence-electron chi connectivity index (χ0n) is 17.7. The van der Waals surface area contributed by atoms with Crippen molar-refractivity contribution in [3.8, 4) is 23.2 Å². The first-order valence-electron chi connectivity index (χ1n) is 9.71. The molecule has 0 radical (unpaired) electrons. The number of methoxy groups -OCH3 is 1. The molecular weight excluding hydrogens is 474 g/mol. The molecule has 2 heterocycles. The second-order valence-electron chi connectivity index (χ2n) is 6.98. The molecule has 0 aliphatic heterocycles. The second kappa shape index (κ2) is 9.19. The Balaban J connectivity index is 1.46. The van der Waals surface area contributed by atoms with E-state index in [1.807, 2.05) is 19.9 Å². The lowest BCUT2D eigenvalue weighted by atomic mass is 10.2. The van der Waals surface area contributed by atoms with Gasteiger partial charge >= 0.3 is 0 Å². The van der Waals surface area contributed by atoms with E-state index in [0.29, 0.717) is 38.9 Å². The second-order valence-corrected chi connectivity index (χ2v) is 7.83. The van der Waals surface area contributed by atoms with Gasteiger partial charge in [-0.15, -0.1) is 0 Å². The van der Waals surface area contributed by atoms with E-state index in [-0.39, 0.29) is 5.91 Å². The van der Waals surface area contributed by atoms with E-state index in [2.05, 4.69) is 36.3 Å². The molecule has 2 aromatic carbocycles. The van der Waals surface area contributed by atoms with Crippen molar-refractivity contribution in [1.82, 2.24) is 19.7 Å². The third kappa shape index (κ3) is 4.78. The van der Waals surface area contributed by atoms with Gasteiger partial charge in [-0.25, -0.2) is 14.6 Å². The maximum atomic E-state index is 12.6. The fourth-order valence-electron chi connectivity index (χ4n) is 3.09. The Kier molecular flexibility index (Phi) is 6.18. The molecule has 1 N–H and O–H groups in total. The summed E-state index contributed by atoms with van der Waals surface area (Å²) in [6.07, 6.45) is 1.43. The number of amides is 1. The van der Waals surface area contributed by atoms with E-state index in [0.717, 1.165) is 11.4 Å². The maximum absolute atomic E-state index is 12.6. The van der Waals surface area contributed by atoms with Crippen molar-refractivity contribution in [2.45, 2.75) is 13.8 Å². The topological polar surface area (TPSA) is 91.2 Å². The van der Waals surface area contributed by atoms with Crippen LogP contribution in [0.1, 0.15) is 21.7 Å². The molecule has 2 aromatic heterocycles. The number of nitrogens with zero attached hydrogens (tertiary/aromatic N) is 4. The van der Waals surface area contributed by atoms with Gasteiger partial charge < -0.3 is 14.8 Å². The van der Waals surface area contributed by atoms with Crippen molar-refractivity contribution >= 4 is 27.5 Å². The highest BCUT2D eigenvalue weighted by Crippen LogP contribution is 2.25. The van der Waals surface area contributed by atoms with Gasteiger partial charge in [-0.3, -0.25) is 4.79 Å². The van der Waals surface area contributed by atoms with Gasteiger partial charge in [0.15, 0.2) is 5.82 Å². The molecule has 0 saturated carbocycles. The van der Waals surface area contributed by atoms with Crippen LogP contribution >= 0.6 is 15.9 Å². The standard InChI is InChI=1S/C23H20BrN5O3/c1-14-10-15(2)29(28-14)21-12-22(26-13-25-21)32-17-6-4-16(5-7-17)27-23(30)19-11-18(31-3)8-9-20(19)24/h4-13H,1-3H3,(H,27,30). The minimum atomic E-state index is -0.255. The zero-order valence-corrected chi connectivity index (χ0v) is 19.3. The Labute approximate surface area is 193 Å². The molecule has 0 saturated heterocycles. The average molecular weight is 494 g/mol. The van der Waals surface area contributed by atoms with E-state index >= 15 is 0 Å². The van der Waals surface area contributed by atoms with Crippen LogP contribution in [0.3, 0.4) is 0 Å². The number of anilines is 1.